The van der Waals surface area contributed by atoms with Crippen molar-refractivity contribution in [3.05, 3.63) is 12.2 Å². The number of carbonyl (C=O) groups excluding carboxylic acids is 2. The van der Waals surface area contributed by atoms with Crippen LogP contribution in [0.1, 0.15) is 20.3 Å². The molecular weight excluding hydrogens is 144 g/mol. The average molecular weight is 156 g/mol. The third-order valence-electron chi connectivity index (χ3n) is 1.04. The van der Waals surface area contributed by atoms with E-state index in [0.29, 0.717) is 6.42 Å². The molecular formula is C8H12O3. The van der Waals surface area contributed by atoms with E-state index in [4.69, 9.17) is 0 Å². The number of hydrogen-bond donors (Lipinski definition) is 0. The van der Waals surface area contributed by atoms with Gasteiger partial charge in [0.2, 0.25) is 0 Å². The summed E-state index contributed by atoms with van der Waals surface area (Å²) in [6.45, 7) is 3.29. The van der Waals surface area contributed by atoms with Crippen molar-refractivity contribution in [1.82, 2.24) is 0 Å². The standard InChI is InChI=1S/C8H12O3/c1-3-8(10)5-4-6-11-7(2)9/h4-5H,3,6H2,1-2H3/b5-4+. The Bertz CT molecular complexity index is 170. The molecule has 3 nitrogen and oxygen atoms in total. The van der Waals surface area contributed by atoms with Gasteiger partial charge >= 0.3 is 5.97 Å². The molecule has 0 unspecified atom stereocenters. The molecule has 0 atom stereocenters. The number of carbonyl (C=O) groups is 2. The monoisotopic (exact) mass is 156 g/mol. The summed E-state index contributed by atoms with van der Waals surface area (Å²) < 4.78 is 4.56. The summed E-state index contributed by atoms with van der Waals surface area (Å²) in [5.41, 5.74) is 0. The van der Waals surface area contributed by atoms with Gasteiger partial charge in [0.15, 0.2) is 5.78 Å². The van der Waals surface area contributed by atoms with Crippen molar-refractivity contribution >= 4 is 11.8 Å². The Labute approximate surface area is 66.0 Å². The Hall–Kier alpha value is -1.12. The Morgan fingerprint density at radius 1 is 1.45 bits per heavy atom. The largest absolute Gasteiger partial charge is 0.462 e. The van der Waals surface area contributed by atoms with E-state index < -0.39 is 0 Å². The van der Waals surface area contributed by atoms with Crippen LogP contribution in [0.5, 0.6) is 0 Å². The van der Waals surface area contributed by atoms with Crippen LogP contribution in [-0.2, 0) is 14.3 Å². The highest BCUT2D eigenvalue weighted by Gasteiger charge is 1.90. The summed E-state index contributed by atoms with van der Waals surface area (Å²) in [7, 11) is 0. The minimum absolute atomic E-state index is 0.0390. The molecule has 0 fully saturated rings. The first-order chi connectivity index (χ1) is 5.16. The Morgan fingerprint density at radius 2 is 2.09 bits per heavy atom. The van der Waals surface area contributed by atoms with Crippen molar-refractivity contribution in [2.75, 3.05) is 6.61 Å². The highest BCUT2D eigenvalue weighted by Crippen LogP contribution is 1.84. The molecule has 0 aromatic carbocycles. The van der Waals surface area contributed by atoms with E-state index in [1.54, 1.807) is 6.92 Å². The zero-order chi connectivity index (χ0) is 8.69. The quantitative estimate of drug-likeness (QED) is 0.452. The fourth-order valence-corrected chi connectivity index (χ4v) is 0.463. The maximum atomic E-state index is 10.6. The second-order valence-corrected chi connectivity index (χ2v) is 2.02. The molecule has 3 heteroatoms. The first kappa shape index (κ1) is 9.88. The maximum absolute atomic E-state index is 10.6. The summed E-state index contributed by atoms with van der Waals surface area (Å²) in [5, 5.41) is 0. The van der Waals surface area contributed by atoms with Gasteiger partial charge in [0, 0.05) is 13.3 Å². The van der Waals surface area contributed by atoms with Crippen molar-refractivity contribution in [1.29, 1.82) is 0 Å². The molecule has 0 heterocycles. The minimum Gasteiger partial charge on any atom is -0.462 e. The predicted molar refractivity (Wildman–Crippen MR) is 41.1 cm³/mol. The SMILES string of the molecule is CCC(=O)/C=C/COC(C)=O. The van der Waals surface area contributed by atoms with Gasteiger partial charge in [0.05, 0.1) is 0 Å². The van der Waals surface area contributed by atoms with Gasteiger partial charge in [-0.2, -0.15) is 0 Å². The van der Waals surface area contributed by atoms with Crippen LogP contribution in [0.2, 0.25) is 0 Å². The number of ketones is 1. The van der Waals surface area contributed by atoms with E-state index in [1.165, 1.54) is 19.1 Å². The second-order valence-electron chi connectivity index (χ2n) is 2.02. The van der Waals surface area contributed by atoms with Gasteiger partial charge < -0.3 is 4.74 Å². The Balaban J connectivity index is 3.45. The van der Waals surface area contributed by atoms with Gasteiger partial charge in [0.25, 0.3) is 0 Å². The van der Waals surface area contributed by atoms with Crippen LogP contribution in [0.3, 0.4) is 0 Å². The van der Waals surface area contributed by atoms with E-state index in [2.05, 4.69) is 4.74 Å². The van der Waals surface area contributed by atoms with Crippen LogP contribution in [0, 0.1) is 0 Å². The number of ether oxygens (including phenoxy) is 1. The number of hydrogen-bond acceptors (Lipinski definition) is 3. The third-order valence-corrected chi connectivity index (χ3v) is 1.04. The molecule has 0 saturated carbocycles. The van der Waals surface area contributed by atoms with E-state index in [-0.39, 0.29) is 18.4 Å². The summed E-state index contributed by atoms with van der Waals surface area (Å²) in [6, 6.07) is 0. The molecule has 11 heavy (non-hydrogen) atoms. The molecule has 0 aromatic rings. The van der Waals surface area contributed by atoms with Gasteiger partial charge in [-0.25, -0.2) is 0 Å². The van der Waals surface area contributed by atoms with E-state index in [0.717, 1.165) is 0 Å². The van der Waals surface area contributed by atoms with E-state index in [9.17, 15) is 9.59 Å². The Kier molecular flexibility index (Phi) is 5.07. The molecule has 0 saturated heterocycles. The van der Waals surface area contributed by atoms with Crippen LogP contribution in [0.15, 0.2) is 12.2 Å². The molecule has 0 spiro atoms. The fourth-order valence-electron chi connectivity index (χ4n) is 0.463. The molecule has 0 bridgehead atoms. The maximum Gasteiger partial charge on any atom is 0.302 e. The second kappa shape index (κ2) is 5.65. The lowest BCUT2D eigenvalue weighted by Crippen LogP contribution is -1.98. The number of rotatable bonds is 4. The highest BCUT2D eigenvalue weighted by molar-refractivity contribution is 5.89. The lowest BCUT2D eigenvalue weighted by atomic mass is 10.3. The number of allylic oxidation sites excluding steroid dienone is 1. The molecule has 0 aliphatic rings. The van der Waals surface area contributed by atoms with Crippen LogP contribution in [-0.4, -0.2) is 18.4 Å². The van der Waals surface area contributed by atoms with Crippen molar-refractivity contribution in [3.63, 3.8) is 0 Å². The van der Waals surface area contributed by atoms with Gasteiger partial charge in [-0.3, -0.25) is 9.59 Å². The van der Waals surface area contributed by atoms with Crippen LogP contribution in [0.4, 0.5) is 0 Å². The third kappa shape index (κ3) is 6.77. The fraction of sp³-hybridized carbons (Fsp3) is 0.500. The zero-order valence-electron chi connectivity index (χ0n) is 6.79. The summed E-state index contributed by atoms with van der Waals surface area (Å²) >= 11 is 0. The molecule has 0 aromatic heterocycles. The van der Waals surface area contributed by atoms with Gasteiger partial charge in [-0.1, -0.05) is 6.92 Å². The van der Waals surface area contributed by atoms with Crippen LogP contribution in [0.25, 0.3) is 0 Å². The highest BCUT2D eigenvalue weighted by atomic mass is 16.5. The lowest BCUT2D eigenvalue weighted by molar-refractivity contribution is -0.139. The molecule has 0 amide bonds. The smallest absolute Gasteiger partial charge is 0.302 e. The van der Waals surface area contributed by atoms with Crippen LogP contribution < -0.4 is 0 Å². The molecule has 0 rings (SSSR count). The molecule has 0 aliphatic carbocycles. The first-order valence-electron chi connectivity index (χ1n) is 3.49. The molecule has 0 radical (unpaired) electrons. The van der Waals surface area contributed by atoms with Gasteiger partial charge in [0.1, 0.15) is 6.61 Å². The van der Waals surface area contributed by atoms with Crippen molar-refractivity contribution < 1.29 is 14.3 Å². The van der Waals surface area contributed by atoms with Crippen molar-refractivity contribution in [2.24, 2.45) is 0 Å². The lowest BCUT2D eigenvalue weighted by Gasteiger charge is -1.93. The summed E-state index contributed by atoms with van der Waals surface area (Å²) in [4.78, 5) is 20.8. The van der Waals surface area contributed by atoms with Crippen molar-refractivity contribution in [2.45, 2.75) is 20.3 Å². The summed E-state index contributed by atoms with van der Waals surface area (Å²) in [6.07, 6.45) is 3.44. The van der Waals surface area contributed by atoms with E-state index in [1.807, 2.05) is 0 Å². The normalized spacial score (nSPS) is 10.0. The van der Waals surface area contributed by atoms with E-state index >= 15 is 0 Å². The van der Waals surface area contributed by atoms with Crippen molar-refractivity contribution in [3.8, 4) is 0 Å². The number of esters is 1. The topological polar surface area (TPSA) is 43.4 Å². The Morgan fingerprint density at radius 3 is 2.55 bits per heavy atom. The minimum atomic E-state index is -0.335. The molecule has 62 valence electrons. The molecule has 0 N–H and O–H groups in total. The molecule has 0 aliphatic heterocycles. The van der Waals surface area contributed by atoms with Gasteiger partial charge in [-0.15, -0.1) is 0 Å². The average Bonchev–Trinajstić information content (AvgIpc) is 1.97. The predicted octanol–water partition coefficient (Wildman–Crippen LogP) is 1.08. The summed E-state index contributed by atoms with van der Waals surface area (Å²) in [5.74, 6) is -0.296. The first-order valence-corrected chi connectivity index (χ1v) is 3.49. The van der Waals surface area contributed by atoms with Gasteiger partial charge in [-0.05, 0) is 12.2 Å². The van der Waals surface area contributed by atoms with Crippen LogP contribution >= 0.6 is 0 Å². The zero-order valence-corrected chi connectivity index (χ0v) is 6.79.